The second kappa shape index (κ2) is 6.18. The standard InChI is InChI=1S/C12H20NO4PS/c1-5-17-18(3,14)12(13(2)19(4,15)16)11-9-7-6-8-10-11/h6-10,12H,5H2,1-4H3/t12-,18-/m0/s1. The Bertz CT molecular complexity index is 558. The molecule has 1 aromatic carbocycles. The van der Waals surface area contributed by atoms with Gasteiger partial charge in [-0.25, -0.2) is 8.42 Å². The van der Waals surface area contributed by atoms with Crippen LogP contribution in [0.25, 0.3) is 0 Å². The molecule has 7 heteroatoms. The van der Waals surface area contributed by atoms with Crippen molar-refractivity contribution in [2.75, 3.05) is 26.6 Å². The predicted octanol–water partition coefficient (Wildman–Crippen LogP) is 2.52. The molecule has 0 unspecified atom stereocenters. The zero-order chi connectivity index (χ0) is 14.7. The average Bonchev–Trinajstić information content (AvgIpc) is 2.28. The predicted molar refractivity (Wildman–Crippen MR) is 76.9 cm³/mol. The van der Waals surface area contributed by atoms with Crippen LogP contribution in [0, 0.1) is 0 Å². The van der Waals surface area contributed by atoms with E-state index in [1.807, 2.05) is 6.07 Å². The summed E-state index contributed by atoms with van der Waals surface area (Å²) in [6, 6.07) is 8.89. The maximum absolute atomic E-state index is 12.7. The molecule has 0 N–H and O–H groups in total. The molecule has 0 aliphatic carbocycles. The van der Waals surface area contributed by atoms with Crippen molar-refractivity contribution in [1.82, 2.24) is 4.31 Å². The van der Waals surface area contributed by atoms with E-state index >= 15 is 0 Å². The van der Waals surface area contributed by atoms with Gasteiger partial charge in [0.05, 0.1) is 12.9 Å². The minimum absolute atomic E-state index is 0.273. The summed E-state index contributed by atoms with van der Waals surface area (Å²) in [5, 5.41) is 0. The number of hydrogen-bond acceptors (Lipinski definition) is 4. The van der Waals surface area contributed by atoms with Gasteiger partial charge in [0, 0.05) is 13.7 Å². The fraction of sp³-hybridized carbons (Fsp3) is 0.500. The molecule has 0 saturated heterocycles. The van der Waals surface area contributed by atoms with E-state index in [2.05, 4.69) is 0 Å². The van der Waals surface area contributed by atoms with Gasteiger partial charge >= 0.3 is 0 Å². The fourth-order valence-electron chi connectivity index (χ4n) is 1.91. The van der Waals surface area contributed by atoms with Crippen LogP contribution in [0.15, 0.2) is 30.3 Å². The Morgan fingerprint density at radius 3 is 2.26 bits per heavy atom. The van der Waals surface area contributed by atoms with Crippen molar-refractivity contribution in [1.29, 1.82) is 0 Å². The summed E-state index contributed by atoms with van der Waals surface area (Å²) in [6.45, 7) is 3.48. The fourth-order valence-corrected chi connectivity index (χ4v) is 5.38. The van der Waals surface area contributed by atoms with Crippen LogP contribution in [0.2, 0.25) is 0 Å². The van der Waals surface area contributed by atoms with E-state index in [4.69, 9.17) is 4.52 Å². The third-order valence-electron chi connectivity index (χ3n) is 2.79. The number of nitrogens with zero attached hydrogens (tertiary/aromatic N) is 1. The van der Waals surface area contributed by atoms with Gasteiger partial charge in [0.2, 0.25) is 17.4 Å². The lowest BCUT2D eigenvalue weighted by molar-refractivity contribution is 0.308. The van der Waals surface area contributed by atoms with Crippen LogP contribution in [-0.4, -0.2) is 39.3 Å². The minimum Gasteiger partial charge on any atom is -0.328 e. The molecule has 0 aromatic heterocycles. The van der Waals surface area contributed by atoms with E-state index < -0.39 is 23.2 Å². The molecule has 0 aliphatic rings. The summed E-state index contributed by atoms with van der Waals surface area (Å²) in [7, 11) is -5.18. The maximum atomic E-state index is 12.7. The van der Waals surface area contributed by atoms with Gasteiger partial charge in [-0.3, -0.25) is 4.57 Å². The Kier molecular flexibility index (Phi) is 5.33. The number of sulfonamides is 1. The van der Waals surface area contributed by atoms with Crippen LogP contribution in [0.4, 0.5) is 0 Å². The molecule has 2 atom stereocenters. The Labute approximate surface area is 115 Å². The zero-order valence-corrected chi connectivity index (χ0v) is 13.3. The first-order chi connectivity index (χ1) is 8.70. The quantitative estimate of drug-likeness (QED) is 0.758. The molecule has 5 nitrogen and oxygen atoms in total. The van der Waals surface area contributed by atoms with Gasteiger partial charge in [-0.2, -0.15) is 4.31 Å². The number of hydrogen-bond donors (Lipinski definition) is 0. The summed E-state index contributed by atoms with van der Waals surface area (Å²) >= 11 is 0. The lowest BCUT2D eigenvalue weighted by Crippen LogP contribution is -2.30. The SMILES string of the molecule is CCO[P@](C)(=O)[C@@H](c1ccccc1)N(C)S(C)(=O)=O. The van der Waals surface area contributed by atoms with Gasteiger partial charge < -0.3 is 4.52 Å². The second-order valence-corrected chi connectivity index (χ2v) is 9.00. The van der Waals surface area contributed by atoms with Crippen molar-refractivity contribution < 1.29 is 17.5 Å². The molecule has 0 radical (unpaired) electrons. The molecule has 0 amide bonds. The molecule has 1 aromatic rings. The summed E-state index contributed by atoms with van der Waals surface area (Å²) in [4.78, 5) is 0. The summed E-state index contributed by atoms with van der Waals surface area (Å²) < 4.78 is 42.6. The first-order valence-corrected chi connectivity index (χ1v) is 9.88. The van der Waals surface area contributed by atoms with E-state index in [1.165, 1.54) is 13.7 Å². The van der Waals surface area contributed by atoms with Gasteiger partial charge in [0.25, 0.3) is 0 Å². The van der Waals surface area contributed by atoms with Crippen LogP contribution in [0.3, 0.4) is 0 Å². The van der Waals surface area contributed by atoms with Crippen LogP contribution >= 0.6 is 7.37 Å². The number of rotatable bonds is 6. The Balaban J connectivity index is 3.31. The summed E-state index contributed by atoms with van der Waals surface area (Å²) in [6.07, 6.45) is 1.09. The average molecular weight is 305 g/mol. The molecule has 0 bridgehead atoms. The van der Waals surface area contributed by atoms with E-state index in [0.717, 1.165) is 10.6 Å². The van der Waals surface area contributed by atoms with Gasteiger partial charge in [0.1, 0.15) is 5.78 Å². The highest BCUT2D eigenvalue weighted by Crippen LogP contribution is 2.58. The molecule has 0 saturated carbocycles. The summed E-state index contributed by atoms with van der Waals surface area (Å²) in [5.41, 5.74) is 0.662. The molecule has 0 spiro atoms. The van der Waals surface area contributed by atoms with Crippen molar-refractivity contribution >= 4 is 17.4 Å². The molecule has 1 rings (SSSR count). The van der Waals surface area contributed by atoms with Crippen LogP contribution in [0.1, 0.15) is 18.3 Å². The molecule has 0 fully saturated rings. The zero-order valence-electron chi connectivity index (χ0n) is 11.6. The van der Waals surface area contributed by atoms with Gasteiger partial charge in [-0.1, -0.05) is 30.3 Å². The Hall–Kier alpha value is -0.680. The first kappa shape index (κ1) is 16.4. The topological polar surface area (TPSA) is 63.7 Å². The highest BCUT2D eigenvalue weighted by atomic mass is 32.2. The largest absolute Gasteiger partial charge is 0.328 e. The molecule has 19 heavy (non-hydrogen) atoms. The van der Waals surface area contributed by atoms with Crippen LogP contribution < -0.4 is 0 Å². The van der Waals surface area contributed by atoms with E-state index in [1.54, 1.807) is 31.2 Å². The molecule has 0 heterocycles. The smallest absolute Gasteiger partial charge is 0.222 e. The second-order valence-electron chi connectivity index (χ2n) is 4.39. The lowest BCUT2D eigenvalue weighted by Gasteiger charge is -2.31. The summed E-state index contributed by atoms with van der Waals surface area (Å²) in [5.74, 6) is -0.802. The van der Waals surface area contributed by atoms with E-state index in [9.17, 15) is 13.0 Å². The van der Waals surface area contributed by atoms with E-state index in [0.29, 0.717) is 5.56 Å². The molecular formula is C12H20NO4PS. The highest BCUT2D eigenvalue weighted by Gasteiger charge is 2.37. The van der Waals surface area contributed by atoms with Crippen molar-refractivity contribution in [3.8, 4) is 0 Å². The normalized spacial score (nSPS) is 17.1. The number of benzene rings is 1. The third kappa shape index (κ3) is 4.14. The minimum atomic E-state index is -3.47. The van der Waals surface area contributed by atoms with Gasteiger partial charge in [-0.05, 0) is 12.5 Å². The van der Waals surface area contributed by atoms with Gasteiger partial charge in [-0.15, -0.1) is 0 Å². The third-order valence-corrected chi connectivity index (χ3v) is 6.51. The lowest BCUT2D eigenvalue weighted by atomic mass is 10.2. The molecule has 0 aliphatic heterocycles. The van der Waals surface area contributed by atoms with Gasteiger partial charge in [0.15, 0.2) is 0 Å². The highest BCUT2D eigenvalue weighted by molar-refractivity contribution is 7.88. The van der Waals surface area contributed by atoms with Crippen LogP contribution in [-0.2, 0) is 19.1 Å². The molecule has 108 valence electrons. The first-order valence-electron chi connectivity index (χ1n) is 5.90. The van der Waals surface area contributed by atoms with Crippen molar-refractivity contribution in [3.05, 3.63) is 35.9 Å². The van der Waals surface area contributed by atoms with Crippen molar-refractivity contribution in [2.24, 2.45) is 0 Å². The Morgan fingerprint density at radius 2 is 1.84 bits per heavy atom. The monoisotopic (exact) mass is 305 g/mol. The maximum Gasteiger partial charge on any atom is 0.222 e. The van der Waals surface area contributed by atoms with Crippen molar-refractivity contribution in [2.45, 2.75) is 12.7 Å². The van der Waals surface area contributed by atoms with E-state index in [-0.39, 0.29) is 6.61 Å². The van der Waals surface area contributed by atoms with Crippen molar-refractivity contribution in [3.63, 3.8) is 0 Å². The Morgan fingerprint density at radius 1 is 1.32 bits per heavy atom. The van der Waals surface area contributed by atoms with Crippen LogP contribution in [0.5, 0.6) is 0 Å². The molecular weight excluding hydrogens is 285 g/mol.